The standard InChI is InChI=1S/C20H25NO3/c1-14-6-11-18(23-5)17(12-14)21-19(22)13-15-7-9-16(10-8-15)24-20(2,3)4/h6-12H,13H2,1-5H3,(H,21,22). The molecule has 0 heterocycles. The molecule has 0 fully saturated rings. The van der Waals surface area contributed by atoms with Gasteiger partial charge in [0.1, 0.15) is 17.1 Å². The van der Waals surface area contributed by atoms with Gasteiger partial charge in [0.2, 0.25) is 5.91 Å². The highest BCUT2D eigenvalue weighted by Gasteiger charge is 2.12. The molecule has 0 bridgehead atoms. The second-order valence-corrected chi connectivity index (χ2v) is 6.79. The van der Waals surface area contributed by atoms with Gasteiger partial charge in [0.05, 0.1) is 19.2 Å². The van der Waals surface area contributed by atoms with E-state index in [1.807, 2.05) is 70.2 Å². The Balaban J connectivity index is 2.01. The van der Waals surface area contributed by atoms with Crippen molar-refractivity contribution in [3.05, 3.63) is 53.6 Å². The number of aryl methyl sites for hydroxylation is 1. The van der Waals surface area contributed by atoms with Crippen LogP contribution in [-0.4, -0.2) is 18.6 Å². The predicted octanol–water partition coefficient (Wildman–Crippen LogP) is 4.36. The molecule has 2 aromatic carbocycles. The molecule has 0 saturated heterocycles. The number of hydrogen-bond acceptors (Lipinski definition) is 3. The lowest BCUT2D eigenvalue weighted by molar-refractivity contribution is -0.115. The number of amides is 1. The summed E-state index contributed by atoms with van der Waals surface area (Å²) in [6, 6.07) is 13.3. The summed E-state index contributed by atoms with van der Waals surface area (Å²) in [4.78, 5) is 12.3. The van der Waals surface area contributed by atoms with Crippen LogP contribution in [-0.2, 0) is 11.2 Å². The van der Waals surface area contributed by atoms with Crippen LogP contribution in [0.15, 0.2) is 42.5 Å². The summed E-state index contributed by atoms with van der Waals surface area (Å²) in [5.74, 6) is 1.37. The van der Waals surface area contributed by atoms with Crippen LogP contribution in [0, 0.1) is 6.92 Å². The van der Waals surface area contributed by atoms with E-state index < -0.39 is 0 Å². The van der Waals surface area contributed by atoms with E-state index in [0.717, 1.165) is 16.9 Å². The van der Waals surface area contributed by atoms with Crippen LogP contribution in [0.2, 0.25) is 0 Å². The Morgan fingerprint density at radius 2 is 1.75 bits per heavy atom. The van der Waals surface area contributed by atoms with Crippen molar-refractivity contribution in [2.45, 2.75) is 39.7 Å². The third-order valence-corrected chi connectivity index (χ3v) is 3.34. The number of rotatable bonds is 5. The molecule has 4 nitrogen and oxygen atoms in total. The van der Waals surface area contributed by atoms with Crippen molar-refractivity contribution in [3.8, 4) is 11.5 Å². The SMILES string of the molecule is COc1ccc(C)cc1NC(=O)Cc1ccc(OC(C)(C)C)cc1. The van der Waals surface area contributed by atoms with Gasteiger partial charge in [0.25, 0.3) is 0 Å². The molecule has 2 rings (SSSR count). The zero-order valence-corrected chi connectivity index (χ0v) is 15.0. The van der Waals surface area contributed by atoms with Gasteiger partial charge in [0, 0.05) is 0 Å². The molecular weight excluding hydrogens is 302 g/mol. The van der Waals surface area contributed by atoms with E-state index in [1.165, 1.54) is 0 Å². The molecule has 0 spiro atoms. The maximum absolute atomic E-state index is 12.3. The first-order chi connectivity index (χ1) is 11.3. The Labute approximate surface area is 143 Å². The van der Waals surface area contributed by atoms with Crippen LogP contribution in [0.5, 0.6) is 11.5 Å². The maximum Gasteiger partial charge on any atom is 0.228 e. The van der Waals surface area contributed by atoms with E-state index in [2.05, 4.69) is 5.32 Å². The van der Waals surface area contributed by atoms with Gasteiger partial charge in [-0.2, -0.15) is 0 Å². The van der Waals surface area contributed by atoms with Gasteiger partial charge < -0.3 is 14.8 Å². The Morgan fingerprint density at radius 3 is 2.33 bits per heavy atom. The van der Waals surface area contributed by atoms with Crippen molar-refractivity contribution < 1.29 is 14.3 Å². The fraction of sp³-hybridized carbons (Fsp3) is 0.350. The third kappa shape index (κ3) is 5.30. The first-order valence-electron chi connectivity index (χ1n) is 7.99. The number of methoxy groups -OCH3 is 1. The van der Waals surface area contributed by atoms with E-state index in [-0.39, 0.29) is 11.5 Å². The molecule has 0 radical (unpaired) electrons. The molecular formula is C20H25NO3. The summed E-state index contributed by atoms with van der Waals surface area (Å²) in [5, 5.41) is 2.91. The normalized spacial score (nSPS) is 11.0. The maximum atomic E-state index is 12.3. The number of anilines is 1. The number of carbonyl (C=O) groups excluding carboxylic acids is 1. The van der Waals surface area contributed by atoms with Crippen molar-refractivity contribution in [3.63, 3.8) is 0 Å². The number of ether oxygens (including phenoxy) is 2. The topological polar surface area (TPSA) is 47.6 Å². The van der Waals surface area contributed by atoms with Crippen LogP contribution < -0.4 is 14.8 Å². The highest BCUT2D eigenvalue weighted by atomic mass is 16.5. The molecule has 0 atom stereocenters. The minimum absolute atomic E-state index is 0.0802. The van der Waals surface area contributed by atoms with Gasteiger partial charge in [-0.05, 0) is 63.1 Å². The molecule has 0 saturated carbocycles. The minimum Gasteiger partial charge on any atom is -0.495 e. The lowest BCUT2D eigenvalue weighted by atomic mass is 10.1. The van der Waals surface area contributed by atoms with Crippen molar-refractivity contribution in [2.24, 2.45) is 0 Å². The van der Waals surface area contributed by atoms with E-state index >= 15 is 0 Å². The lowest BCUT2D eigenvalue weighted by Crippen LogP contribution is -2.22. The molecule has 0 unspecified atom stereocenters. The molecule has 0 aliphatic rings. The summed E-state index contributed by atoms with van der Waals surface area (Å²) in [7, 11) is 1.59. The second-order valence-electron chi connectivity index (χ2n) is 6.79. The zero-order chi connectivity index (χ0) is 17.7. The average molecular weight is 327 g/mol. The van der Waals surface area contributed by atoms with E-state index in [9.17, 15) is 4.79 Å². The van der Waals surface area contributed by atoms with Gasteiger partial charge >= 0.3 is 0 Å². The summed E-state index contributed by atoms with van der Waals surface area (Å²) < 4.78 is 11.1. The fourth-order valence-corrected chi connectivity index (χ4v) is 2.33. The molecule has 1 amide bonds. The first-order valence-corrected chi connectivity index (χ1v) is 7.99. The molecule has 0 aliphatic heterocycles. The molecule has 4 heteroatoms. The smallest absolute Gasteiger partial charge is 0.228 e. The second kappa shape index (κ2) is 7.39. The third-order valence-electron chi connectivity index (χ3n) is 3.34. The monoisotopic (exact) mass is 327 g/mol. The summed E-state index contributed by atoms with van der Waals surface area (Å²) in [5.41, 5.74) is 2.45. The molecule has 128 valence electrons. The molecule has 24 heavy (non-hydrogen) atoms. The zero-order valence-electron chi connectivity index (χ0n) is 15.0. The van der Waals surface area contributed by atoms with Crippen LogP contribution >= 0.6 is 0 Å². The lowest BCUT2D eigenvalue weighted by Gasteiger charge is -2.21. The van der Waals surface area contributed by atoms with E-state index in [0.29, 0.717) is 17.9 Å². The van der Waals surface area contributed by atoms with Gasteiger partial charge in [-0.15, -0.1) is 0 Å². The average Bonchev–Trinajstić information content (AvgIpc) is 2.48. The van der Waals surface area contributed by atoms with Crippen LogP contribution in [0.3, 0.4) is 0 Å². The highest BCUT2D eigenvalue weighted by Crippen LogP contribution is 2.25. The first kappa shape index (κ1) is 17.9. The number of carbonyl (C=O) groups is 1. The van der Waals surface area contributed by atoms with Crippen LogP contribution in [0.4, 0.5) is 5.69 Å². The summed E-state index contributed by atoms with van der Waals surface area (Å²) >= 11 is 0. The summed E-state index contributed by atoms with van der Waals surface area (Å²) in [6.45, 7) is 7.99. The molecule has 0 aliphatic carbocycles. The van der Waals surface area contributed by atoms with Gasteiger partial charge in [-0.1, -0.05) is 18.2 Å². The predicted molar refractivity (Wildman–Crippen MR) is 96.9 cm³/mol. The van der Waals surface area contributed by atoms with Crippen molar-refractivity contribution >= 4 is 11.6 Å². The van der Waals surface area contributed by atoms with Crippen LogP contribution in [0.1, 0.15) is 31.9 Å². The largest absolute Gasteiger partial charge is 0.495 e. The van der Waals surface area contributed by atoms with Gasteiger partial charge in [-0.25, -0.2) is 0 Å². The highest BCUT2D eigenvalue weighted by molar-refractivity contribution is 5.93. The summed E-state index contributed by atoms with van der Waals surface area (Å²) in [6.07, 6.45) is 0.299. The Morgan fingerprint density at radius 1 is 1.08 bits per heavy atom. The quantitative estimate of drug-likeness (QED) is 0.887. The minimum atomic E-state index is -0.236. The Bertz CT molecular complexity index is 700. The van der Waals surface area contributed by atoms with Crippen molar-refractivity contribution in [2.75, 3.05) is 12.4 Å². The fourth-order valence-electron chi connectivity index (χ4n) is 2.33. The van der Waals surface area contributed by atoms with Crippen molar-refractivity contribution in [1.29, 1.82) is 0 Å². The van der Waals surface area contributed by atoms with Gasteiger partial charge in [-0.3, -0.25) is 4.79 Å². The Hall–Kier alpha value is -2.49. The van der Waals surface area contributed by atoms with Gasteiger partial charge in [0.15, 0.2) is 0 Å². The van der Waals surface area contributed by atoms with E-state index in [1.54, 1.807) is 7.11 Å². The number of nitrogens with one attached hydrogen (secondary N) is 1. The van der Waals surface area contributed by atoms with E-state index in [4.69, 9.17) is 9.47 Å². The van der Waals surface area contributed by atoms with Crippen LogP contribution in [0.25, 0.3) is 0 Å². The Kier molecular flexibility index (Phi) is 5.50. The number of benzene rings is 2. The molecule has 1 N–H and O–H groups in total. The van der Waals surface area contributed by atoms with Crippen molar-refractivity contribution in [1.82, 2.24) is 0 Å². The number of hydrogen-bond donors (Lipinski definition) is 1. The molecule has 0 aromatic heterocycles. The molecule has 2 aromatic rings.